The van der Waals surface area contributed by atoms with E-state index in [9.17, 15) is 9.18 Å². The van der Waals surface area contributed by atoms with E-state index < -0.39 is 24.1 Å². The number of carbonyl (C=O) groups is 1. The Balaban J connectivity index is 2.46. The monoisotopic (exact) mass is 264 g/mol. The number of halogens is 1. The average molecular weight is 264 g/mol. The highest BCUT2D eigenvalue weighted by Gasteiger charge is 2.52. The third-order valence-corrected chi connectivity index (χ3v) is 4.03. The second-order valence-electron chi connectivity index (χ2n) is 5.91. The number of rotatable bonds is 2. The van der Waals surface area contributed by atoms with Gasteiger partial charge in [0, 0.05) is 0 Å². The van der Waals surface area contributed by atoms with Crippen molar-refractivity contribution in [3.63, 3.8) is 0 Å². The summed E-state index contributed by atoms with van der Waals surface area (Å²) >= 11 is 0. The van der Waals surface area contributed by atoms with Crippen LogP contribution in [-0.4, -0.2) is 24.6 Å². The van der Waals surface area contributed by atoms with Crippen LogP contribution in [0.5, 0.6) is 0 Å². The van der Waals surface area contributed by atoms with Crippen molar-refractivity contribution < 1.29 is 18.5 Å². The summed E-state index contributed by atoms with van der Waals surface area (Å²) in [6.45, 7) is 9.28. The van der Waals surface area contributed by atoms with Gasteiger partial charge in [0.15, 0.2) is 6.29 Å². The molecule has 5 heteroatoms. The molecule has 0 amide bonds. The molecule has 102 valence electrons. The highest BCUT2D eigenvalue weighted by atomic mass is 19.1. The van der Waals surface area contributed by atoms with Crippen molar-refractivity contribution in [3.8, 4) is 0 Å². The Labute approximate surface area is 113 Å². The Kier molecular flexibility index (Phi) is 3.31. The van der Waals surface area contributed by atoms with Crippen molar-refractivity contribution in [1.29, 1.82) is 0 Å². The van der Waals surface area contributed by atoms with Gasteiger partial charge in [-0.3, -0.25) is 4.79 Å². The lowest BCUT2D eigenvalue weighted by Crippen LogP contribution is -2.41. The zero-order valence-electron chi connectivity index (χ0n) is 11.9. The van der Waals surface area contributed by atoms with E-state index in [0.29, 0.717) is 17.3 Å². The van der Waals surface area contributed by atoms with E-state index in [2.05, 4.69) is 0 Å². The molecule has 19 heavy (non-hydrogen) atoms. The van der Waals surface area contributed by atoms with Gasteiger partial charge in [0.2, 0.25) is 0 Å². The molecule has 3 nitrogen and oxygen atoms in total. The Morgan fingerprint density at radius 3 is 2.16 bits per heavy atom. The summed E-state index contributed by atoms with van der Waals surface area (Å²) in [4.78, 5) is 11.1. The van der Waals surface area contributed by atoms with Gasteiger partial charge < -0.3 is 9.31 Å². The maximum absolute atomic E-state index is 14.0. The van der Waals surface area contributed by atoms with Gasteiger partial charge in [0.05, 0.1) is 16.8 Å². The largest absolute Gasteiger partial charge is 0.495 e. The van der Waals surface area contributed by atoms with Gasteiger partial charge >= 0.3 is 7.12 Å². The topological polar surface area (TPSA) is 35.5 Å². The minimum atomic E-state index is -0.722. The van der Waals surface area contributed by atoms with Crippen molar-refractivity contribution in [2.75, 3.05) is 0 Å². The summed E-state index contributed by atoms with van der Waals surface area (Å²) in [5, 5.41) is 0. The van der Waals surface area contributed by atoms with Crippen LogP contribution in [0.25, 0.3) is 0 Å². The summed E-state index contributed by atoms with van der Waals surface area (Å²) in [5.74, 6) is -0.512. The van der Waals surface area contributed by atoms with Gasteiger partial charge in [-0.2, -0.15) is 0 Å². The van der Waals surface area contributed by atoms with Gasteiger partial charge in [-0.05, 0) is 45.6 Å². The highest BCUT2D eigenvalue weighted by molar-refractivity contribution is 6.63. The molecule has 0 saturated carbocycles. The first-order chi connectivity index (χ1) is 8.69. The molecule has 1 heterocycles. The molecule has 0 aromatic heterocycles. The first-order valence-corrected chi connectivity index (χ1v) is 6.29. The maximum Gasteiger partial charge on any atom is 0.495 e. The van der Waals surface area contributed by atoms with Crippen LogP contribution in [0.4, 0.5) is 4.39 Å². The fraction of sp³-hybridized carbons (Fsp3) is 0.500. The Bertz CT molecular complexity index is 510. The highest BCUT2D eigenvalue weighted by Crippen LogP contribution is 2.36. The zero-order valence-corrected chi connectivity index (χ0v) is 11.9. The second-order valence-corrected chi connectivity index (χ2v) is 5.91. The second kappa shape index (κ2) is 4.42. The third kappa shape index (κ3) is 2.21. The minimum Gasteiger partial charge on any atom is -0.399 e. The van der Waals surface area contributed by atoms with E-state index in [1.165, 1.54) is 0 Å². The van der Waals surface area contributed by atoms with E-state index in [1.807, 2.05) is 27.7 Å². The Morgan fingerprint density at radius 2 is 1.68 bits per heavy atom. The van der Waals surface area contributed by atoms with Gasteiger partial charge in [-0.25, -0.2) is 4.39 Å². The smallest absolute Gasteiger partial charge is 0.399 e. The van der Waals surface area contributed by atoms with Crippen molar-refractivity contribution >= 4 is 18.9 Å². The van der Waals surface area contributed by atoms with E-state index >= 15 is 0 Å². The molecule has 1 aliphatic heterocycles. The Morgan fingerprint density at radius 1 is 1.16 bits per heavy atom. The number of hydrogen-bond donors (Lipinski definition) is 0. The van der Waals surface area contributed by atoms with Gasteiger partial charge in [-0.1, -0.05) is 12.1 Å². The molecular formula is C14H18BFO3. The van der Waals surface area contributed by atoms with Crippen molar-refractivity contribution in [3.05, 3.63) is 29.1 Å². The molecule has 0 unspecified atom stereocenters. The van der Waals surface area contributed by atoms with Crippen molar-refractivity contribution in [2.45, 2.75) is 45.8 Å². The standard InChI is InChI=1S/C14H18BFO3/c1-9-6-7-11(10(8-17)12(9)16)15-18-13(2,3)14(4,5)19-15/h6-8H,1-5H3. The Hall–Kier alpha value is -1.20. The molecule has 1 aromatic rings. The third-order valence-electron chi connectivity index (χ3n) is 4.03. The lowest BCUT2D eigenvalue weighted by atomic mass is 9.75. The molecule has 1 aliphatic rings. The van der Waals surface area contributed by atoms with E-state index in [1.54, 1.807) is 19.1 Å². The number of benzene rings is 1. The predicted molar refractivity (Wildman–Crippen MR) is 72.2 cm³/mol. The summed E-state index contributed by atoms with van der Waals surface area (Å²) < 4.78 is 25.6. The van der Waals surface area contributed by atoms with Crippen LogP contribution in [0.2, 0.25) is 0 Å². The lowest BCUT2D eigenvalue weighted by Gasteiger charge is -2.32. The van der Waals surface area contributed by atoms with Crippen LogP contribution >= 0.6 is 0 Å². The molecule has 0 N–H and O–H groups in total. The molecule has 0 spiro atoms. The number of hydrogen-bond acceptors (Lipinski definition) is 3. The fourth-order valence-corrected chi connectivity index (χ4v) is 2.01. The van der Waals surface area contributed by atoms with Gasteiger partial charge in [-0.15, -0.1) is 0 Å². The zero-order chi connectivity index (χ0) is 14.4. The molecule has 1 aromatic carbocycles. The van der Waals surface area contributed by atoms with Crippen molar-refractivity contribution in [2.24, 2.45) is 0 Å². The molecule has 0 radical (unpaired) electrons. The summed E-state index contributed by atoms with van der Waals surface area (Å²) in [7, 11) is -0.722. The maximum atomic E-state index is 14.0. The van der Waals surface area contributed by atoms with E-state index in [0.717, 1.165) is 0 Å². The quantitative estimate of drug-likeness (QED) is 0.607. The minimum absolute atomic E-state index is 0.0125. The van der Waals surface area contributed by atoms with Crippen LogP contribution in [0.3, 0.4) is 0 Å². The SMILES string of the molecule is Cc1ccc(B2OC(C)(C)C(C)(C)O2)c(C=O)c1F. The predicted octanol–water partition coefficient (Wildman–Crippen LogP) is 2.25. The number of aldehydes is 1. The molecular weight excluding hydrogens is 246 g/mol. The molecule has 1 saturated heterocycles. The number of aryl methyl sites for hydroxylation is 1. The lowest BCUT2D eigenvalue weighted by molar-refractivity contribution is 0.00578. The summed E-state index contributed by atoms with van der Waals surface area (Å²) in [6.07, 6.45) is 0.517. The van der Waals surface area contributed by atoms with Crippen LogP contribution < -0.4 is 5.46 Å². The van der Waals surface area contributed by atoms with Crippen LogP contribution in [0.1, 0.15) is 43.6 Å². The van der Waals surface area contributed by atoms with Crippen LogP contribution in [-0.2, 0) is 9.31 Å². The van der Waals surface area contributed by atoms with E-state index in [-0.39, 0.29) is 5.56 Å². The first kappa shape index (κ1) is 14.2. The molecule has 0 bridgehead atoms. The molecule has 0 aliphatic carbocycles. The van der Waals surface area contributed by atoms with Crippen LogP contribution in [0, 0.1) is 12.7 Å². The normalized spacial score (nSPS) is 20.6. The molecule has 1 fully saturated rings. The molecule has 0 atom stereocenters. The van der Waals surface area contributed by atoms with Gasteiger partial charge in [0.1, 0.15) is 5.82 Å². The molecule has 2 rings (SSSR count). The number of carbonyl (C=O) groups excluding carboxylic acids is 1. The average Bonchev–Trinajstić information content (AvgIpc) is 2.51. The van der Waals surface area contributed by atoms with Crippen molar-refractivity contribution in [1.82, 2.24) is 0 Å². The van der Waals surface area contributed by atoms with Crippen LogP contribution in [0.15, 0.2) is 12.1 Å². The summed E-state index contributed by atoms with van der Waals surface area (Å²) in [6, 6.07) is 3.31. The fourth-order valence-electron chi connectivity index (χ4n) is 2.01. The summed E-state index contributed by atoms with van der Waals surface area (Å²) in [5.41, 5.74) is -0.143. The first-order valence-electron chi connectivity index (χ1n) is 6.29. The van der Waals surface area contributed by atoms with Gasteiger partial charge in [0.25, 0.3) is 0 Å². The van der Waals surface area contributed by atoms with E-state index in [4.69, 9.17) is 9.31 Å².